The first-order valence-electron chi connectivity index (χ1n) is 10.2. The summed E-state index contributed by atoms with van der Waals surface area (Å²) in [5.74, 6) is -0.551. The number of piperidine rings is 1. The molecule has 0 unspecified atom stereocenters. The quantitative estimate of drug-likeness (QED) is 0.480. The Morgan fingerprint density at radius 1 is 1.00 bits per heavy atom. The number of rotatable bonds is 3. The first kappa shape index (κ1) is 21.6. The van der Waals surface area contributed by atoms with Gasteiger partial charge in [-0.3, -0.25) is 5.10 Å². The van der Waals surface area contributed by atoms with Crippen LogP contribution >= 0.6 is 11.8 Å². The van der Waals surface area contributed by atoms with Gasteiger partial charge in [0.1, 0.15) is 12.1 Å². The van der Waals surface area contributed by atoms with E-state index in [1.807, 2.05) is 12.1 Å². The number of benzene rings is 1. The minimum atomic E-state index is -0.551. The lowest BCUT2D eigenvalue weighted by Gasteiger charge is -2.09. The van der Waals surface area contributed by atoms with Crippen LogP contribution in [0.2, 0.25) is 0 Å². The van der Waals surface area contributed by atoms with E-state index in [1.165, 1.54) is 61.0 Å². The number of hydrogen-bond donors (Lipinski definition) is 2. The van der Waals surface area contributed by atoms with Crippen molar-refractivity contribution in [2.24, 2.45) is 0 Å². The summed E-state index contributed by atoms with van der Waals surface area (Å²) in [4.78, 5) is 1.44. The molecule has 3 aromatic heterocycles. The SMILES string of the molecule is C1CCNCC1.N#Cc1ccccc1Sc1cc(-c2cn[nH]c2F)cn2ncc(C#N)c12. The van der Waals surface area contributed by atoms with E-state index in [0.29, 0.717) is 32.7 Å². The predicted octanol–water partition coefficient (Wildman–Crippen LogP) is 4.52. The van der Waals surface area contributed by atoms with Crippen LogP contribution in [0.15, 0.2) is 58.7 Å². The molecule has 32 heavy (non-hydrogen) atoms. The molecule has 1 saturated heterocycles. The highest BCUT2D eigenvalue weighted by atomic mass is 32.2. The van der Waals surface area contributed by atoms with E-state index < -0.39 is 5.95 Å². The molecule has 2 N–H and O–H groups in total. The van der Waals surface area contributed by atoms with Crippen LogP contribution in [0.4, 0.5) is 4.39 Å². The summed E-state index contributed by atoms with van der Waals surface area (Å²) in [6.45, 7) is 2.50. The highest BCUT2D eigenvalue weighted by Gasteiger charge is 2.16. The second kappa shape index (κ2) is 10.1. The van der Waals surface area contributed by atoms with Gasteiger partial charge in [-0.1, -0.05) is 30.3 Å². The van der Waals surface area contributed by atoms with E-state index in [-0.39, 0.29) is 0 Å². The van der Waals surface area contributed by atoms with Gasteiger partial charge in [-0.2, -0.15) is 25.1 Å². The lowest BCUT2D eigenvalue weighted by molar-refractivity contribution is 0.520. The topological polar surface area (TPSA) is 106 Å². The number of H-pyrrole nitrogens is 1. The Kier molecular flexibility index (Phi) is 6.81. The van der Waals surface area contributed by atoms with Crippen molar-refractivity contribution in [3.05, 3.63) is 66.0 Å². The smallest absolute Gasteiger partial charge is 0.216 e. The number of hydrogen-bond acceptors (Lipinski definition) is 6. The third-order valence-electron chi connectivity index (χ3n) is 5.04. The van der Waals surface area contributed by atoms with Crippen molar-refractivity contribution in [3.63, 3.8) is 0 Å². The molecule has 160 valence electrons. The second-order valence-corrected chi connectivity index (χ2v) is 8.26. The van der Waals surface area contributed by atoms with Crippen LogP contribution in [-0.4, -0.2) is 32.9 Å². The van der Waals surface area contributed by atoms with Gasteiger partial charge in [-0.05, 0) is 44.1 Å². The van der Waals surface area contributed by atoms with E-state index in [4.69, 9.17) is 0 Å². The summed E-state index contributed by atoms with van der Waals surface area (Å²) >= 11 is 1.33. The maximum absolute atomic E-state index is 13.9. The number of nitrogens with zero attached hydrogens (tertiary/aromatic N) is 5. The minimum Gasteiger partial charge on any atom is -0.317 e. The zero-order valence-corrected chi connectivity index (χ0v) is 18.0. The van der Waals surface area contributed by atoms with E-state index in [2.05, 4.69) is 32.8 Å². The van der Waals surface area contributed by atoms with Crippen molar-refractivity contribution >= 4 is 17.3 Å². The highest BCUT2D eigenvalue weighted by Crippen LogP contribution is 2.37. The third kappa shape index (κ3) is 4.65. The van der Waals surface area contributed by atoms with Crippen LogP contribution in [0.5, 0.6) is 0 Å². The first-order chi connectivity index (χ1) is 15.7. The Hall–Kier alpha value is -3.66. The predicted molar refractivity (Wildman–Crippen MR) is 119 cm³/mol. The first-order valence-corrected chi connectivity index (χ1v) is 11.0. The Morgan fingerprint density at radius 3 is 2.41 bits per heavy atom. The number of pyridine rings is 1. The number of fused-ring (bicyclic) bond motifs is 1. The van der Waals surface area contributed by atoms with Gasteiger partial charge in [0, 0.05) is 21.6 Å². The molecule has 1 aliphatic rings. The molecule has 0 amide bonds. The molecule has 1 aromatic carbocycles. The summed E-state index contributed by atoms with van der Waals surface area (Å²) in [6.07, 6.45) is 8.71. The molecule has 0 aliphatic carbocycles. The minimum absolute atomic E-state index is 0.302. The number of aromatic amines is 1. The number of aromatic nitrogens is 4. The molecule has 1 fully saturated rings. The molecular formula is C23H20FN7S. The Bertz CT molecular complexity index is 1300. The average Bonchev–Trinajstić information content (AvgIpc) is 3.47. The maximum atomic E-state index is 13.9. The van der Waals surface area contributed by atoms with Gasteiger partial charge < -0.3 is 5.32 Å². The normalized spacial score (nSPS) is 13.1. The summed E-state index contributed by atoms with van der Waals surface area (Å²) in [5, 5.41) is 32.2. The van der Waals surface area contributed by atoms with E-state index >= 15 is 0 Å². The highest BCUT2D eigenvalue weighted by molar-refractivity contribution is 7.99. The fraction of sp³-hybridized carbons (Fsp3) is 0.217. The van der Waals surface area contributed by atoms with Gasteiger partial charge in [0.2, 0.25) is 5.95 Å². The molecule has 0 spiro atoms. The fourth-order valence-corrected chi connectivity index (χ4v) is 4.52. The summed E-state index contributed by atoms with van der Waals surface area (Å²) < 4.78 is 15.5. The molecular weight excluding hydrogens is 425 g/mol. The number of nitriles is 2. The fourth-order valence-electron chi connectivity index (χ4n) is 3.43. The Balaban J connectivity index is 0.000000354. The second-order valence-electron chi connectivity index (χ2n) is 7.17. The van der Waals surface area contributed by atoms with Crippen molar-refractivity contribution in [3.8, 4) is 23.3 Å². The van der Waals surface area contributed by atoms with Gasteiger partial charge in [0.25, 0.3) is 0 Å². The third-order valence-corrected chi connectivity index (χ3v) is 6.14. The van der Waals surface area contributed by atoms with Crippen LogP contribution in [0.3, 0.4) is 0 Å². The monoisotopic (exact) mass is 445 g/mol. The van der Waals surface area contributed by atoms with E-state index in [9.17, 15) is 14.9 Å². The summed E-state index contributed by atoms with van der Waals surface area (Å²) in [6, 6.07) is 13.2. The zero-order valence-electron chi connectivity index (χ0n) is 17.2. The summed E-state index contributed by atoms with van der Waals surface area (Å²) in [7, 11) is 0. The van der Waals surface area contributed by atoms with Crippen LogP contribution < -0.4 is 5.32 Å². The van der Waals surface area contributed by atoms with Crippen LogP contribution in [0, 0.1) is 28.6 Å². The lowest BCUT2D eigenvalue weighted by atomic mass is 10.1. The van der Waals surface area contributed by atoms with E-state index in [1.54, 1.807) is 24.4 Å². The van der Waals surface area contributed by atoms with Crippen molar-refractivity contribution in [2.75, 3.05) is 13.1 Å². The number of nitrogens with one attached hydrogen (secondary N) is 2. The molecule has 0 radical (unpaired) electrons. The van der Waals surface area contributed by atoms with Crippen molar-refractivity contribution in [1.29, 1.82) is 10.5 Å². The Morgan fingerprint density at radius 2 is 1.78 bits per heavy atom. The molecule has 0 bridgehead atoms. The summed E-state index contributed by atoms with van der Waals surface area (Å²) in [5.41, 5.74) is 2.40. The lowest BCUT2D eigenvalue weighted by Crippen LogP contribution is -2.21. The van der Waals surface area contributed by atoms with Gasteiger partial charge in [0.05, 0.1) is 34.6 Å². The largest absolute Gasteiger partial charge is 0.317 e. The molecule has 0 saturated carbocycles. The molecule has 4 heterocycles. The average molecular weight is 446 g/mol. The number of halogens is 1. The maximum Gasteiger partial charge on any atom is 0.216 e. The van der Waals surface area contributed by atoms with E-state index in [0.717, 1.165) is 4.90 Å². The molecule has 4 aromatic rings. The van der Waals surface area contributed by atoms with Gasteiger partial charge >= 0.3 is 0 Å². The molecule has 5 rings (SSSR count). The standard InChI is InChI=1S/C18H9FN6S.C5H11N/c19-18-14(9-22-24-18)12-5-16(17-13(7-21)8-23-25(17)10-12)26-15-4-2-1-3-11(15)6-20;1-2-4-6-5-3-1/h1-5,8-10H,(H,22,24);6H,1-5H2. The molecule has 7 nitrogen and oxygen atoms in total. The molecule has 9 heteroatoms. The van der Waals surface area contributed by atoms with Gasteiger partial charge in [-0.15, -0.1) is 0 Å². The molecule has 1 aliphatic heterocycles. The van der Waals surface area contributed by atoms with Crippen molar-refractivity contribution in [1.82, 2.24) is 25.1 Å². The van der Waals surface area contributed by atoms with Crippen LogP contribution in [0.25, 0.3) is 16.6 Å². The van der Waals surface area contributed by atoms with Crippen LogP contribution in [0.1, 0.15) is 30.4 Å². The zero-order chi connectivity index (χ0) is 22.3. The van der Waals surface area contributed by atoms with Crippen LogP contribution in [-0.2, 0) is 0 Å². The van der Waals surface area contributed by atoms with Gasteiger partial charge in [-0.25, -0.2) is 4.52 Å². The van der Waals surface area contributed by atoms with Crippen molar-refractivity contribution < 1.29 is 4.39 Å². The van der Waals surface area contributed by atoms with Crippen molar-refractivity contribution in [2.45, 2.75) is 29.1 Å². The van der Waals surface area contributed by atoms with Gasteiger partial charge in [0.15, 0.2) is 0 Å². The Labute approximate surface area is 188 Å². The molecule has 0 atom stereocenters.